The number of carbonyl (C=O) groups excluding carboxylic acids is 3. The van der Waals surface area contributed by atoms with Crippen molar-refractivity contribution in [2.75, 3.05) is 19.6 Å². The highest BCUT2D eigenvalue weighted by atomic mass is 16.3. The number of carbonyl (C=O) groups is 3. The number of imide groups is 1. The molecular weight excluding hydrogens is 470 g/mol. The Morgan fingerprint density at radius 3 is 2.70 bits per heavy atom. The first kappa shape index (κ1) is 23.8. The molecule has 192 valence electrons. The van der Waals surface area contributed by atoms with Crippen LogP contribution < -0.4 is 5.32 Å². The van der Waals surface area contributed by atoms with Crippen LogP contribution in [0.15, 0.2) is 58.9 Å². The first-order chi connectivity index (χ1) is 17.9. The largest absolute Gasteiger partial charge is 0.369 e. The minimum atomic E-state index is -0.700. The highest BCUT2D eigenvalue weighted by Gasteiger charge is 2.39. The number of hydrogen-bond donors (Lipinski definition) is 2. The summed E-state index contributed by atoms with van der Waals surface area (Å²) in [6.45, 7) is 4.97. The van der Waals surface area contributed by atoms with Gasteiger partial charge in [-0.2, -0.15) is 0 Å². The van der Waals surface area contributed by atoms with Crippen molar-refractivity contribution in [3.8, 4) is 0 Å². The number of hydrogen-bond acceptors (Lipinski definition) is 7. The van der Waals surface area contributed by atoms with Gasteiger partial charge < -0.3 is 14.9 Å². The average molecular weight is 502 g/mol. The van der Waals surface area contributed by atoms with Crippen LogP contribution in [0.4, 0.5) is 0 Å². The van der Waals surface area contributed by atoms with Crippen molar-refractivity contribution < 1.29 is 19.5 Å². The quantitative estimate of drug-likeness (QED) is 0.612. The summed E-state index contributed by atoms with van der Waals surface area (Å²) in [5.41, 5.74) is 4.81. The molecule has 1 aromatic carbocycles. The Bertz CT molecular complexity index is 1290. The molecule has 6 rings (SSSR count). The van der Waals surface area contributed by atoms with Crippen LogP contribution in [0.3, 0.4) is 0 Å². The number of allylic oxidation sites excluding steroid dienone is 2. The normalized spacial score (nSPS) is 26.4. The molecule has 0 aromatic heterocycles. The lowest BCUT2D eigenvalue weighted by Gasteiger charge is -2.35. The van der Waals surface area contributed by atoms with Gasteiger partial charge in [0.15, 0.2) is 6.23 Å². The monoisotopic (exact) mass is 501 g/mol. The summed E-state index contributed by atoms with van der Waals surface area (Å²) in [6.07, 6.45) is 9.62. The van der Waals surface area contributed by atoms with E-state index in [4.69, 9.17) is 4.99 Å². The summed E-state index contributed by atoms with van der Waals surface area (Å²) in [5.74, 6) is 0.386. The van der Waals surface area contributed by atoms with Crippen LogP contribution in [0.25, 0.3) is 0 Å². The van der Waals surface area contributed by atoms with Gasteiger partial charge in [0.05, 0.1) is 5.70 Å². The molecule has 0 radical (unpaired) electrons. The van der Waals surface area contributed by atoms with E-state index < -0.39 is 12.3 Å². The molecule has 5 aliphatic rings. The van der Waals surface area contributed by atoms with Gasteiger partial charge in [-0.05, 0) is 80.1 Å². The molecule has 0 spiro atoms. The summed E-state index contributed by atoms with van der Waals surface area (Å²) in [6, 6.07) is 5.49. The maximum atomic E-state index is 13.0. The molecule has 2 unspecified atom stereocenters. The predicted molar refractivity (Wildman–Crippen MR) is 137 cm³/mol. The fraction of sp³-hybridized carbons (Fsp3) is 0.429. The number of aliphatic imine (C=N–C) groups is 1. The van der Waals surface area contributed by atoms with E-state index >= 15 is 0 Å². The number of rotatable bonds is 4. The lowest BCUT2D eigenvalue weighted by molar-refractivity contribution is -0.136. The second kappa shape index (κ2) is 9.39. The number of nitrogens with zero attached hydrogens (tertiary/aromatic N) is 4. The number of aliphatic hydroxyl groups excluding tert-OH is 1. The van der Waals surface area contributed by atoms with Gasteiger partial charge in [-0.15, -0.1) is 0 Å². The topological polar surface area (TPSA) is 106 Å². The molecule has 9 heteroatoms. The van der Waals surface area contributed by atoms with Crippen LogP contribution in [0.5, 0.6) is 0 Å². The lowest BCUT2D eigenvalue weighted by atomic mass is 9.88. The molecule has 2 fully saturated rings. The molecule has 2 N–H and O–H groups in total. The van der Waals surface area contributed by atoms with Gasteiger partial charge in [0.25, 0.3) is 5.91 Å². The zero-order chi connectivity index (χ0) is 25.7. The fourth-order valence-corrected chi connectivity index (χ4v) is 5.95. The van der Waals surface area contributed by atoms with Crippen molar-refractivity contribution in [1.82, 2.24) is 20.0 Å². The number of aliphatic hydroxyl groups is 1. The Morgan fingerprint density at radius 2 is 1.92 bits per heavy atom. The van der Waals surface area contributed by atoms with E-state index in [-0.39, 0.29) is 24.1 Å². The first-order valence-corrected chi connectivity index (χ1v) is 13.0. The Hall–Kier alpha value is -3.56. The molecule has 5 heterocycles. The number of amides is 3. The van der Waals surface area contributed by atoms with Crippen LogP contribution in [-0.4, -0.2) is 75.3 Å². The van der Waals surface area contributed by atoms with Crippen molar-refractivity contribution in [1.29, 1.82) is 0 Å². The molecule has 2 atom stereocenters. The minimum absolute atomic E-state index is 0.132. The molecular formula is C28H31N5O4. The summed E-state index contributed by atoms with van der Waals surface area (Å²) in [5, 5.41) is 12.9. The highest BCUT2D eigenvalue weighted by molar-refractivity contribution is 6.05. The molecule has 1 aromatic rings. The first-order valence-electron chi connectivity index (χ1n) is 13.0. The van der Waals surface area contributed by atoms with Gasteiger partial charge >= 0.3 is 0 Å². The van der Waals surface area contributed by atoms with E-state index in [0.717, 1.165) is 48.6 Å². The number of fused-ring (bicyclic) bond motifs is 2. The molecule has 37 heavy (non-hydrogen) atoms. The maximum absolute atomic E-state index is 13.0. The zero-order valence-corrected chi connectivity index (χ0v) is 20.9. The molecule has 2 saturated heterocycles. The van der Waals surface area contributed by atoms with Crippen LogP contribution >= 0.6 is 0 Å². The minimum Gasteiger partial charge on any atom is -0.369 e. The predicted octanol–water partition coefficient (Wildman–Crippen LogP) is 2.02. The SMILES string of the molecule is CC1=CN2C(=NC(CN3CCC(c4ccc5c(c4)CN(C4CCC(=O)NC4=O)C5=O)CC3)=CC2O)C=C1. The van der Waals surface area contributed by atoms with Gasteiger partial charge in [-0.25, -0.2) is 4.99 Å². The van der Waals surface area contributed by atoms with E-state index in [1.807, 2.05) is 37.4 Å². The molecule has 0 bridgehead atoms. The second-order valence-corrected chi connectivity index (χ2v) is 10.5. The van der Waals surface area contributed by atoms with Gasteiger partial charge in [0, 0.05) is 31.3 Å². The number of likely N-dealkylation sites (tertiary alicyclic amines) is 1. The zero-order valence-electron chi connectivity index (χ0n) is 20.9. The summed E-state index contributed by atoms with van der Waals surface area (Å²) in [4.78, 5) is 47.3. The van der Waals surface area contributed by atoms with Gasteiger partial charge in [0.1, 0.15) is 11.9 Å². The Kier molecular flexibility index (Phi) is 6.04. The summed E-state index contributed by atoms with van der Waals surface area (Å²) in [7, 11) is 0. The van der Waals surface area contributed by atoms with Crippen LogP contribution in [0.1, 0.15) is 60.0 Å². The van der Waals surface area contributed by atoms with Gasteiger partial charge in [-0.1, -0.05) is 18.2 Å². The van der Waals surface area contributed by atoms with Gasteiger partial charge in [0.2, 0.25) is 11.8 Å². The molecule has 5 aliphatic heterocycles. The van der Waals surface area contributed by atoms with Gasteiger partial charge in [-0.3, -0.25) is 24.6 Å². The summed E-state index contributed by atoms with van der Waals surface area (Å²) < 4.78 is 0. The van der Waals surface area contributed by atoms with E-state index in [1.165, 1.54) is 5.56 Å². The summed E-state index contributed by atoms with van der Waals surface area (Å²) >= 11 is 0. The van der Waals surface area contributed by atoms with Crippen molar-refractivity contribution in [3.63, 3.8) is 0 Å². The van der Waals surface area contributed by atoms with Crippen LogP contribution in [0, 0.1) is 0 Å². The van der Waals surface area contributed by atoms with Crippen molar-refractivity contribution in [2.24, 2.45) is 4.99 Å². The van der Waals surface area contributed by atoms with E-state index in [2.05, 4.69) is 22.3 Å². The Labute approximate surface area is 215 Å². The highest BCUT2D eigenvalue weighted by Crippen LogP contribution is 2.34. The van der Waals surface area contributed by atoms with Crippen LogP contribution in [-0.2, 0) is 16.1 Å². The van der Waals surface area contributed by atoms with E-state index in [9.17, 15) is 19.5 Å². The fourth-order valence-electron chi connectivity index (χ4n) is 5.95. The molecule has 0 aliphatic carbocycles. The Balaban J connectivity index is 1.07. The van der Waals surface area contributed by atoms with Crippen LogP contribution in [0.2, 0.25) is 0 Å². The second-order valence-electron chi connectivity index (χ2n) is 10.5. The smallest absolute Gasteiger partial charge is 0.255 e. The molecule has 3 amide bonds. The van der Waals surface area contributed by atoms with Crippen molar-refractivity contribution in [2.45, 2.75) is 57.3 Å². The van der Waals surface area contributed by atoms with E-state index in [0.29, 0.717) is 31.0 Å². The van der Waals surface area contributed by atoms with Crippen molar-refractivity contribution >= 4 is 23.6 Å². The molecule has 9 nitrogen and oxygen atoms in total. The molecule has 0 saturated carbocycles. The number of nitrogens with one attached hydrogen (secondary N) is 1. The number of benzene rings is 1. The van der Waals surface area contributed by atoms with E-state index in [1.54, 1.807) is 9.80 Å². The third kappa shape index (κ3) is 4.53. The third-order valence-corrected chi connectivity index (χ3v) is 7.98. The Morgan fingerprint density at radius 1 is 1.11 bits per heavy atom. The maximum Gasteiger partial charge on any atom is 0.255 e. The number of piperidine rings is 2. The average Bonchev–Trinajstić information content (AvgIpc) is 3.20. The standard InChI is InChI=1S/C28H31N5O4/c1-17-2-6-24-29-21(13-26(35)33(24)14-17)16-31-10-8-18(9-11-31)19-3-4-22-20(12-19)15-32(28(22)37)23-5-7-25(34)30-27(23)36/h2-4,6,12-14,18,23,26,35H,5,7-11,15-16H2,1H3,(H,30,34,36). The van der Waals surface area contributed by atoms with Crippen molar-refractivity contribution in [3.05, 3.63) is 70.6 Å². The number of amidine groups is 1. The lowest BCUT2D eigenvalue weighted by Crippen LogP contribution is -2.52. The third-order valence-electron chi connectivity index (χ3n) is 7.98.